The lowest BCUT2D eigenvalue weighted by Crippen LogP contribution is -2.43. The van der Waals surface area contributed by atoms with Crippen LogP contribution < -0.4 is 14.8 Å². The van der Waals surface area contributed by atoms with Crippen LogP contribution in [0.1, 0.15) is 45.1 Å². The number of aryl methyl sites for hydroxylation is 1. The SMILES string of the molecule is COc1ccc(C(CNC(=O)c2cc3c(s2)CCC(C)C3)N2CCOCC2)cc1OC. The number of nitrogens with one attached hydrogen (secondary N) is 1. The third kappa shape index (κ3) is 5.05. The van der Waals surface area contributed by atoms with Crippen molar-refractivity contribution >= 4 is 17.2 Å². The fourth-order valence-electron chi connectivity index (χ4n) is 4.50. The highest BCUT2D eigenvalue weighted by molar-refractivity contribution is 7.14. The van der Waals surface area contributed by atoms with Crippen LogP contribution in [0.5, 0.6) is 11.5 Å². The van der Waals surface area contributed by atoms with Gasteiger partial charge in [0.1, 0.15) is 0 Å². The second-order valence-corrected chi connectivity index (χ2v) is 9.53. The van der Waals surface area contributed by atoms with Gasteiger partial charge in [0.25, 0.3) is 5.91 Å². The zero-order valence-corrected chi connectivity index (χ0v) is 19.4. The van der Waals surface area contributed by atoms with Gasteiger partial charge in [-0.15, -0.1) is 11.3 Å². The molecule has 0 bridgehead atoms. The number of fused-ring (bicyclic) bond motifs is 1. The summed E-state index contributed by atoms with van der Waals surface area (Å²) < 4.78 is 16.4. The zero-order chi connectivity index (χ0) is 21.8. The van der Waals surface area contributed by atoms with Crippen LogP contribution in [-0.4, -0.2) is 57.9 Å². The predicted octanol–water partition coefficient (Wildman–Crippen LogP) is 3.69. The van der Waals surface area contributed by atoms with Crippen molar-refractivity contribution in [3.05, 3.63) is 45.1 Å². The van der Waals surface area contributed by atoms with E-state index >= 15 is 0 Å². The number of nitrogens with zero attached hydrogens (tertiary/aromatic N) is 1. The summed E-state index contributed by atoms with van der Waals surface area (Å²) in [5.41, 5.74) is 2.46. The number of carbonyl (C=O) groups excluding carboxylic acids is 1. The molecular weight excluding hydrogens is 412 g/mol. The van der Waals surface area contributed by atoms with Crippen molar-refractivity contribution in [2.75, 3.05) is 47.1 Å². The Morgan fingerprint density at radius 3 is 2.74 bits per heavy atom. The number of morpholine rings is 1. The molecular formula is C24H32N2O4S. The first-order valence-electron chi connectivity index (χ1n) is 11.0. The van der Waals surface area contributed by atoms with Gasteiger partial charge in [-0.1, -0.05) is 13.0 Å². The Balaban J connectivity index is 1.51. The summed E-state index contributed by atoms with van der Waals surface area (Å²) in [6.07, 6.45) is 3.39. The molecule has 1 aromatic heterocycles. The molecule has 1 fully saturated rings. The van der Waals surface area contributed by atoms with Crippen molar-refractivity contribution in [1.29, 1.82) is 0 Å². The van der Waals surface area contributed by atoms with E-state index in [4.69, 9.17) is 14.2 Å². The molecule has 1 aliphatic carbocycles. The second kappa shape index (κ2) is 10.0. The number of methoxy groups -OCH3 is 2. The van der Waals surface area contributed by atoms with E-state index in [1.165, 1.54) is 16.9 Å². The summed E-state index contributed by atoms with van der Waals surface area (Å²) >= 11 is 1.66. The lowest BCUT2D eigenvalue weighted by Gasteiger charge is -2.35. The number of hydrogen-bond acceptors (Lipinski definition) is 6. The number of rotatable bonds is 7. The van der Waals surface area contributed by atoms with Gasteiger partial charge in [-0.05, 0) is 54.5 Å². The number of amides is 1. The topological polar surface area (TPSA) is 60.0 Å². The first-order chi connectivity index (χ1) is 15.1. The first kappa shape index (κ1) is 22.1. The number of thiophene rings is 1. The molecule has 1 aliphatic heterocycles. The third-order valence-electron chi connectivity index (χ3n) is 6.29. The molecule has 1 saturated heterocycles. The second-order valence-electron chi connectivity index (χ2n) is 8.40. The monoisotopic (exact) mass is 444 g/mol. The molecule has 1 N–H and O–H groups in total. The lowest BCUT2D eigenvalue weighted by atomic mass is 9.90. The molecule has 6 nitrogen and oxygen atoms in total. The Hall–Kier alpha value is -2.09. The quantitative estimate of drug-likeness (QED) is 0.706. The van der Waals surface area contributed by atoms with E-state index in [1.54, 1.807) is 25.6 Å². The van der Waals surface area contributed by atoms with Gasteiger partial charge in [-0.2, -0.15) is 0 Å². The predicted molar refractivity (Wildman–Crippen MR) is 123 cm³/mol. The van der Waals surface area contributed by atoms with Crippen molar-refractivity contribution < 1.29 is 19.0 Å². The molecule has 168 valence electrons. The standard InChI is InChI=1S/C24H32N2O4S/c1-16-4-7-22-18(12-16)14-23(31-22)24(27)25-15-19(26-8-10-30-11-9-26)17-5-6-20(28-2)21(13-17)29-3/h5-6,13-14,16,19H,4,7-12,15H2,1-3H3,(H,25,27). The highest BCUT2D eigenvalue weighted by Crippen LogP contribution is 2.34. The maximum absolute atomic E-state index is 13.0. The molecule has 2 atom stereocenters. The minimum atomic E-state index is 0.0192. The Bertz CT molecular complexity index is 907. The summed E-state index contributed by atoms with van der Waals surface area (Å²) in [4.78, 5) is 17.6. The van der Waals surface area contributed by atoms with Crippen molar-refractivity contribution in [2.24, 2.45) is 5.92 Å². The van der Waals surface area contributed by atoms with Crippen LogP contribution in [0, 0.1) is 5.92 Å². The average Bonchev–Trinajstić information content (AvgIpc) is 3.23. The van der Waals surface area contributed by atoms with Crippen LogP contribution in [0.25, 0.3) is 0 Å². The first-order valence-corrected chi connectivity index (χ1v) is 11.8. The van der Waals surface area contributed by atoms with Gasteiger partial charge in [0.2, 0.25) is 0 Å². The van der Waals surface area contributed by atoms with Crippen molar-refractivity contribution in [2.45, 2.75) is 32.2 Å². The molecule has 2 aromatic rings. The Morgan fingerprint density at radius 2 is 2.00 bits per heavy atom. The molecule has 2 unspecified atom stereocenters. The largest absolute Gasteiger partial charge is 0.493 e. The smallest absolute Gasteiger partial charge is 0.261 e. The summed E-state index contributed by atoms with van der Waals surface area (Å²) in [7, 11) is 3.28. The number of hydrogen-bond donors (Lipinski definition) is 1. The van der Waals surface area contributed by atoms with E-state index in [0.717, 1.165) is 36.4 Å². The van der Waals surface area contributed by atoms with Crippen LogP contribution in [0.3, 0.4) is 0 Å². The van der Waals surface area contributed by atoms with E-state index in [9.17, 15) is 4.79 Å². The molecule has 4 rings (SSSR count). The van der Waals surface area contributed by atoms with Gasteiger partial charge in [-0.3, -0.25) is 9.69 Å². The molecule has 7 heteroatoms. The summed E-state index contributed by atoms with van der Waals surface area (Å²) in [5.74, 6) is 2.12. The van der Waals surface area contributed by atoms with Crippen molar-refractivity contribution in [1.82, 2.24) is 10.2 Å². The van der Waals surface area contributed by atoms with Gasteiger partial charge in [0.15, 0.2) is 11.5 Å². The lowest BCUT2D eigenvalue weighted by molar-refractivity contribution is 0.0162. The van der Waals surface area contributed by atoms with E-state index < -0.39 is 0 Å². The fraction of sp³-hybridized carbons (Fsp3) is 0.542. The minimum absolute atomic E-state index is 0.0192. The molecule has 0 radical (unpaired) electrons. The number of carbonyl (C=O) groups is 1. The Morgan fingerprint density at radius 1 is 1.23 bits per heavy atom. The summed E-state index contributed by atoms with van der Waals surface area (Å²) in [6.45, 7) is 5.89. The maximum atomic E-state index is 13.0. The zero-order valence-electron chi connectivity index (χ0n) is 18.6. The Labute approximate surface area is 188 Å². The van der Waals surface area contributed by atoms with Gasteiger partial charge in [-0.25, -0.2) is 0 Å². The fourth-order valence-corrected chi connectivity index (χ4v) is 5.63. The van der Waals surface area contributed by atoms with Gasteiger partial charge < -0.3 is 19.5 Å². The normalized spacial score (nSPS) is 20.0. The maximum Gasteiger partial charge on any atom is 0.261 e. The van der Waals surface area contributed by atoms with Crippen LogP contribution in [0.4, 0.5) is 0 Å². The van der Waals surface area contributed by atoms with Crippen LogP contribution in [0.2, 0.25) is 0 Å². The summed E-state index contributed by atoms with van der Waals surface area (Å²) in [5, 5.41) is 3.20. The molecule has 31 heavy (non-hydrogen) atoms. The summed E-state index contributed by atoms with van der Waals surface area (Å²) in [6, 6.07) is 8.14. The van der Waals surface area contributed by atoms with Crippen molar-refractivity contribution in [3.63, 3.8) is 0 Å². The van der Waals surface area contributed by atoms with Gasteiger partial charge in [0.05, 0.1) is 38.4 Å². The molecule has 2 aliphatic rings. The third-order valence-corrected chi connectivity index (χ3v) is 7.52. The number of ether oxygens (including phenoxy) is 3. The van der Waals surface area contributed by atoms with Gasteiger partial charge >= 0.3 is 0 Å². The molecule has 2 heterocycles. The minimum Gasteiger partial charge on any atom is -0.493 e. The van der Waals surface area contributed by atoms with E-state index in [1.807, 2.05) is 12.1 Å². The van der Waals surface area contributed by atoms with Crippen LogP contribution >= 0.6 is 11.3 Å². The Kier molecular flexibility index (Phi) is 7.15. The van der Waals surface area contributed by atoms with E-state index in [-0.39, 0.29) is 11.9 Å². The van der Waals surface area contributed by atoms with Crippen LogP contribution in [0.15, 0.2) is 24.3 Å². The highest BCUT2D eigenvalue weighted by Gasteiger charge is 2.26. The average molecular weight is 445 g/mol. The van der Waals surface area contributed by atoms with Gasteiger partial charge in [0, 0.05) is 24.5 Å². The number of benzene rings is 1. The molecule has 1 amide bonds. The van der Waals surface area contributed by atoms with Crippen molar-refractivity contribution in [3.8, 4) is 11.5 Å². The van der Waals surface area contributed by atoms with Crippen LogP contribution in [-0.2, 0) is 17.6 Å². The van der Waals surface area contributed by atoms with E-state index in [2.05, 4.69) is 29.3 Å². The molecule has 0 saturated carbocycles. The highest BCUT2D eigenvalue weighted by atomic mass is 32.1. The van der Waals surface area contributed by atoms with E-state index in [0.29, 0.717) is 37.2 Å². The molecule has 1 aromatic carbocycles. The molecule has 0 spiro atoms.